The summed E-state index contributed by atoms with van der Waals surface area (Å²) >= 11 is 5.81. The summed E-state index contributed by atoms with van der Waals surface area (Å²) in [5.74, 6) is 0. The molecule has 0 unspecified atom stereocenters. The van der Waals surface area contributed by atoms with Crippen LogP contribution in [0.2, 0.25) is 0 Å². The third kappa shape index (κ3) is 3.84. The zero-order valence-corrected chi connectivity index (χ0v) is 7.83. The molecule has 0 bridgehead atoms. The van der Waals surface area contributed by atoms with Crippen LogP contribution in [-0.2, 0) is 0 Å². The third-order valence-electron chi connectivity index (χ3n) is 1.26. The van der Waals surface area contributed by atoms with Crippen LogP contribution in [0.15, 0.2) is 47.6 Å². The fourth-order valence-corrected chi connectivity index (χ4v) is 0.531. The van der Waals surface area contributed by atoms with Crippen LogP contribution in [0.25, 0.3) is 0 Å². The second-order valence-electron chi connectivity index (χ2n) is 2.58. The van der Waals surface area contributed by atoms with Gasteiger partial charge in [0.15, 0.2) is 0 Å². The smallest absolute Gasteiger partial charge is 0.0435 e. The molecular weight excluding hydrogens is 156 g/mol. The van der Waals surface area contributed by atoms with Gasteiger partial charge in [0.25, 0.3) is 0 Å². The molecule has 0 aromatic carbocycles. The first-order chi connectivity index (χ1) is 4.95. The van der Waals surface area contributed by atoms with Gasteiger partial charge < -0.3 is 0 Å². The summed E-state index contributed by atoms with van der Waals surface area (Å²) in [5, 5.41) is 0.637. The van der Waals surface area contributed by atoms with Gasteiger partial charge in [0, 0.05) is 5.03 Å². The van der Waals surface area contributed by atoms with Crippen molar-refractivity contribution in [1.82, 2.24) is 0 Å². The molecule has 0 atom stereocenters. The standard InChI is InChI=1S/C10H13Cl/c1-7(2)9(5)6-10(11)8(3)4/h6H,1,3,5H2,2,4H3/b10-6+. The second-order valence-corrected chi connectivity index (χ2v) is 2.99. The van der Waals surface area contributed by atoms with Crippen molar-refractivity contribution < 1.29 is 0 Å². The molecule has 0 aromatic rings. The van der Waals surface area contributed by atoms with E-state index in [4.69, 9.17) is 11.6 Å². The number of hydrogen-bond acceptors (Lipinski definition) is 0. The first-order valence-electron chi connectivity index (χ1n) is 3.33. The predicted octanol–water partition coefficient (Wildman–Crippen LogP) is 3.82. The van der Waals surface area contributed by atoms with Gasteiger partial charge in [-0.3, -0.25) is 0 Å². The number of hydrogen-bond donors (Lipinski definition) is 0. The van der Waals surface area contributed by atoms with Gasteiger partial charge in [-0.25, -0.2) is 0 Å². The summed E-state index contributed by atoms with van der Waals surface area (Å²) in [6.07, 6.45) is 1.77. The van der Waals surface area contributed by atoms with E-state index in [0.29, 0.717) is 5.03 Å². The molecule has 0 radical (unpaired) electrons. The van der Waals surface area contributed by atoms with Crippen molar-refractivity contribution in [1.29, 1.82) is 0 Å². The van der Waals surface area contributed by atoms with Gasteiger partial charge in [0.2, 0.25) is 0 Å². The summed E-state index contributed by atoms with van der Waals surface area (Å²) in [6, 6.07) is 0. The molecule has 60 valence electrons. The van der Waals surface area contributed by atoms with E-state index in [9.17, 15) is 0 Å². The minimum Gasteiger partial charge on any atom is -0.0955 e. The molecular formula is C10H13Cl. The van der Waals surface area contributed by atoms with Gasteiger partial charge in [-0.15, -0.1) is 0 Å². The maximum Gasteiger partial charge on any atom is 0.0435 e. The lowest BCUT2D eigenvalue weighted by Crippen LogP contribution is -1.79. The maximum atomic E-state index is 5.81. The molecule has 1 heteroatoms. The van der Waals surface area contributed by atoms with Crippen LogP contribution in [0, 0.1) is 0 Å². The SMILES string of the molecule is C=C(C)C(=C)/C=C(/Cl)C(=C)C. The fourth-order valence-electron chi connectivity index (χ4n) is 0.399. The highest BCUT2D eigenvalue weighted by atomic mass is 35.5. The molecule has 0 heterocycles. The molecule has 0 nitrogen and oxygen atoms in total. The molecule has 0 saturated carbocycles. The number of rotatable bonds is 3. The average Bonchev–Trinajstić information content (AvgIpc) is 1.87. The Morgan fingerprint density at radius 1 is 1.09 bits per heavy atom. The minimum absolute atomic E-state index is 0.637. The van der Waals surface area contributed by atoms with Gasteiger partial charge in [-0.2, -0.15) is 0 Å². The molecule has 0 amide bonds. The van der Waals surface area contributed by atoms with Crippen molar-refractivity contribution in [3.8, 4) is 0 Å². The number of allylic oxidation sites excluding steroid dienone is 5. The molecule has 0 rings (SSSR count). The predicted molar refractivity (Wildman–Crippen MR) is 52.7 cm³/mol. The summed E-state index contributed by atoms with van der Waals surface area (Å²) in [4.78, 5) is 0. The molecule has 11 heavy (non-hydrogen) atoms. The Morgan fingerprint density at radius 3 is 1.82 bits per heavy atom. The highest BCUT2D eigenvalue weighted by Gasteiger charge is 1.94. The normalized spacial score (nSPS) is 11.0. The average molecular weight is 169 g/mol. The Morgan fingerprint density at radius 2 is 1.55 bits per heavy atom. The van der Waals surface area contributed by atoms with Crippen LogP contribution < -0.4 is 0 Å². The summed E-state index contributed by atoms with van der Waals surface area (Å²) < 4.78 is 0. The Kier molecular flexibility index (Phi) is 3.91. The summed E-state index contributed by atoms with van der Waals surface area (Å²) in [7, 11) is 0. The minimum atomic E-state index is 0.637. The monoisotopic (exact) mass is 168 g/mol. The largest absolute Gasteiger partial charge is 0.0955 e. The lowest BCUT2D eigenvalue weighted by Gasteiger charge is -1.99. The summed E-state index contributed by atoms with van der Waals surface area (Å²) in [5.41, 5.74) is 2.61. The zero-order chi connectivity index (χ0) is 9.02. The van der Waals surface area contributed by atoms with E-state index in [1.165, 1.54) is 0 Å². The van der Waals surface area contributed by atoms with Crippen LogP contribution in [-0.4, -0.2) is 0 Å². The maximum absolute atomic E-state index is 5.81. The van der Waals surface area contributed by atoms with E-state index in [-0.39, 0.29) is 0 Å². The van der Waals surface area contributed by atoms with Crippen LogP contribution >= 0.6 is 11.6 Å². The lowest BCUT2D eigenvalue weighted by molar-refractivity contribution is 1.44. The molecule has 0 N–H and O–H groups in total. The van der Waals surface area contributed by atoms with E-state index in [2.05, 4.69) is 19.7 Å². The Labute approximate surface area is 73.6 Å². The highest BCUT2D eigenvalue weighted by molar-refractivity contribution is 6.32. The van der Waals surface area contributed by atoms with Gasteiger partial charge in [0.1, 0.15) is 0 Å². The molecule has 0 spiro atoms. The zero-order valence-electron chi connectivity index (χ0n) is 7.08. The molecule has 0 fully saturated rings. The van der Waals surface area contributed by atoms with E-state index in [0.717, 1.165) is 16.7 Å². The van der Waals surface area contributed by atoms with Gasteiger partial charge in [-0.1, -0.05) is 36.9 Å². The third-order valence-corrected chi connectivity index (χ3v) is 1.69. The fraction of sp³-hybridized carbons (Fsp3) is 0.200. The lowest BCUT2D eigenvalue weighted by atomic mass is 10.1. The Bertz CT molecular complexity index is 231. The van der Waals surface area contributed by atoms with Crippen molar-refractivity contribution >= 4 is 11.6 Å². The van der Waals surface area contributed by atoms with E-state index in [1.54, 1.807) is 6.08 Å². The second kappa shape index (κ2) is 4.20. The number of halogens is 1. The molecule has 0 aliphatic rings. The van der Waals surface area contributed by atoms with Crippen molar-refractivity contribution in [2.24, 2.45) is 0 Å². The van der Waals surface area contributed by atoms with E-state index >= 15 is 0 Å². The van der Waals surface area contributed by atoms with Gasteiger partial charge >= 0.3 is 0 Å². The van der Waals surface area contributed by atoms with Gasteiger partial charge in [0.05, 0.1) is 0 Å². The van der Waals surface area contributed by atoms with Crippen molar-refractivity contribution in [3.05, 3.63) is 47.6 Å². The highest BCUT2D eigenvalue weighted by Crippen LogP contribution is 2.16. The van der Waals surface area contributed by atoms with E-state index in [1.807, 2.05) is 13.8 Å². The van der Waals surface area contributed by atoms with Crippen molar-refractivity contribution in [2.75, 3.05) is 0 Å². The summed E-state index contributed by atoms with van der Waals surface area (Å²) in [6.45, 7) is 14.9. The van der Waals surface area contributed by atoms with Crippen LogP contribution in [0.4, 0.5) is 0 Å². The molecule has 0 saturated heterocycles. The molecule has 0 aliphatic heterocycles. The quantitative estimate of drug-likeness (QED) is 0.562. The van der Waals surface area contributed by atoms with Crippen LogP contribution in [0.3, 0.4) is 0 Å². The van der Waals surface area contributed by atoms with Crippen LogP contribution in [0.1, 0.15) is 13.8 Å². The molecule has 0 aromatic heterocycles. The van der Waals surface area contributed by atoms with Crippen molar-refractivity contribution in [2.45, 2.75) is 13.8 Å². The first kappa shape index (κ1) is 10.2. The topological polar surface area (TPSA) is 0 Å². The molecule has 0 aliphatic carbocycles. The Hall–Kier alpha value is -0.750. The van der Waals surface area contributed by atoms with Crippen molar-refractivity contribution in [3.63, 3.8) is 0 Å². The van der Waals surface area contributed by atoms with Crippen LogP contribution in [0.5, 0.6) is 0 Å². The van der Waals surface area contributed by atoms with E-state index < -0.39 is 0 Å². The first-order valence-corrected chi connectivity index (χ1v) is 3.70. The van der Waals surface area contributed by atoms with Gasteiger partial charge in [-0.05, 0) is 31.1 Å². The Balaban J connectivity index is 4.44.